The number of hydrogen-bond acceptors (Lipinski definition) is 5. The smallest absolute Gasteiger partial charge is 0.381 e. The van der Waals surface area contributed by atoms with Gasteiger partial charge in [-0.1, -0.05) is 54.1 Å². The third-order valence-electron chi connectivity index (χ3n) is 9.02. The zero-order valence-corrected chi connectivity index (χ0v) is 25.6. The van der Waals surface area contributed by atoms with Crippen LogP contribution in [0.4, 0.5) is 18.9 Å². The van der Waals surface area contributed by atoms with Gasteiger partial charge in [0.05, 0.1) is 22.5 Å². The summed E-state index contributed by atoms with van der Waals surface area (Å²) >= 11 is 5.71. The molecule has 3 aliphatic rings. The molecule has 3 amide bonds. The molecule has 5 rings (SSSR count). The van der Waals surface area contributed by atoms with Gasteiger partial charge in [-0.05, 0) is 61.8 Å². The highest BCUT2D eigenvalue weighted by atomic mass is 35.5. The predicted octanol–water partition coefficient (Wildman–Crippen LogP) is 4.98. The number of fused-ring (bicyclic) bond motifs is 1. The molecule has 2 aromatic rings. The van der Waals surface area contributed by atoms with Crippen molar-refractivity contribution in [3.05, 3.63) is 76.8 Å². The number of halogens is 4. The number of benzene rings is 2. The Morgan fingerprint density at radius 1 is 1.07 bits per heavy atom. The summed E-state index contributed by atoms with van der Waals surface area (Å²) in [7, 11) is 0. The SMILES string of the molecule is O=C(CN1CC[C@@H]2NC(=O)[C@H](Cc3ccccc3)NC(=O)C3(CC=CC[C@H]2C1)CCOCC3)Nc1ccc(Cl)c(C(F)(F)F)c1. The van der Waals surface area contributed by atoms with Crippen LogP contribution in [-0.2, 0) is 31.7 Å². The molecule has 45 heavy (non-hydrogen) atoms. The molecular formula is C33H38ClF3N4O4. The molecule has 3 atom stereocenters. The van der Waals surface area contributed by atoms with Gasteiger partial charge in [-0.2, -0.15) is 13.2 Å². The first-order valence-electron chi connectivity index (χ1n) is 15.3. The Morgan fingerprint density at radius 2 is 1.82 bits per heavy atom. The highest BCUT2D eigenvalue weighted by Crippen LogP contribution is 2.37. The third kappa shape index (κ3) is 8.45. The number of allylic oxidation sites excluding steroid dienone is 2. The Morgan fingerprint density at radius 3 is 2.56 bits per heavy atom. The van der Waals surface area contributed by atoms with Crippen LogP contribution in [0.5, 0.6) is 0 Å². The van der Waals surface area contributed by atoms with Crippen LogP contribution in [0.15, 0.2) is 60.7 Å². The molecule has 0 bridgehead atoms. The number of amides is 3. The first-order valence-corrected chi connectivity index (χ1v) is 15.7. The number of carbonyl (C=O) groups excluding carboxylic acids is 3. The highest BCUT2D eigenvalue weighted by Gasteiger charge is 2.41. The van der Waals surface area contributed by atoms with Crippen LogP contribution in [0.3, 0.4) is 0 Å². The molecule has 12 heteroatoms. The summed E-state index contributed by atoms with van der Waals surface area (Å²) in [6.45, 7) is 1.95. The van der Waals surface area contributed by atoms with E-state index < -0.39 is 34.1 Å². The summed E-state index contributed by atoms with van der Waals surface area (Å²) < 4.78 is 45.4. The second-order valence-corrected chi connectivity index (χ2v) is 12.6. The van der Waals surface area contributed by atoms with Crippen LogP contribution < -0.4 is 16.0 Å². The van der Waals surface area contributed by atoms with Gasteiger partial charge in [0.15, 0.2) is 0 Å². The lowest BCUT2D eigenvalue weighted by atomic mass is 9.75. The van der Waals surface area contributed by atoms with E-state index in [1.165, 1.54) is 6.07 Å². The standard InChI is InChI=1S/C33H38ClF3N4O4/c34-26-10-9-24(19-25(26)33(35,36)37)38-29(42)21-41-15-11-27-23(20-41)8-4-5-12-32(13-16-45-17-14-32)31(44)40-28(30(43)39-27)18-22-6-2-1-3-7-22/h1-7,9-10,19,23,27-28H,8,11-18,20-21H2,(H,38,42)(H,39,43)(H,40,44)/t23-,27-,28-/m0/s1. The monoisotopic (exact) mass is 646 g/mol. The van der Waals surface area contributed by atoms with Crippen molar-refractivity contribution in [3.63, 3.8) is 0 Å². The first kappa shape index (κ1) is 33.0. The molecule has 0 aromatic heterocycles. The molecule has 242 valence electrons. The average molecular weight is 647 g/mol. The minimum absolute atomic E-state index is 0.0132. The van der Waals surface area contributed by atoms with Gasteiger partial charge >= 0.3 is 6.18 Å². The van der Waals surface area contributed by atoms with Gasteiger partial charge in [-0.3, -0.25) is 19.3 Å². The van der Waals surface area contributed by atoms with Crippen molar-refractivity contribution >= 4 is 35.0 Å². The van der Waals surface area contributed by atoms with Gasteiger partial charge in [0.1, 0.15) is 6.04 Å². The maximum Gasteiger partial charge on any atom is 0.417 e. The number of carbonyl (C=O) groups is 3. The highest BCUT2D eigenvalue weighted by molar-refractivity contribution is 6.31. The van der Waals surface area contributed by atoms with Crippen molar-refractivity contribution in [2.24, 2.45) is 11.3 Å². The fourth-order valence-electron chi connectivity index (χ4n) is 6.42. The molecule has 2 saturated heterocycles. The van der Waals surface area contributed by atoms with Crippen LogP contribution in [0.2, 0.25) is 5.02 Å². The Bertz CT molecular complexity index is 1400. The number of piperidine rings is 1. The average Bonchev–Trinajstić information content (AvgIpc) is 3.01. The van der Waals surface area contributed by atoms with Crippen LogP contribution >= 0.6 is 11.6 Å². The summed E-state index contributed by atoms with van der Waals surface area (Å²) in [5.41, 5.74) is -0.719. The molecule has 0 unspecified atom stereocenters. The Kier molecular flexibility index (Phi) is 10.5. The molecule has 3 heterocycles. The maximum absolute atomic E-state index is 13.8. The van der Waals surface area contributed by atoms with E-state index in [1.807, 2.05) is 47.4 Å². The van der Waals surface area contributed by atoms with E-state index in [2.05, 4.69) is 16.0 Å². The van der Waals surface area contributed by atoms with E-state index in [0.717, 1.165) is 17.7 Å². The molecule has 1 spiro atoms. The van der Waals surface area contributed by atoms with Crippen LogP contribution in [-0.4, -0.2) is 67.6 Å². The Hall–Kier alpha value is -3.41. The Balaban J connectivity index is 1.30. The van der Waals surface area contributed by atoms with Gasteiger partial charge in [0.25, 0.3) is 0 Å². The molecule has 2 aromatic carbocycles. The summed E-state index contributed by atoms with van der Waals surface area (Å²) in [6.07, 6.45) is 2.67. The third-order valence-corrected chi connectivity index (χ3v) is 9.35. The topological polar surface area (TPSA) is 99.8 Å². The largest absolute Gasteiger partial charge is 0.417 e. The van der Waals surface area contributed by atoms with Crippen LogP contribution in [0, 0.1) is 11.3 Å². The van der Waals surface area contributed by atoms with Gasteiger partial charge in [0.2, 0.25) is 17.7 Å². The predicted molar refractivity (Wildman–Crippen MR) is 164 cm³/mol. The lowest BCUT2D eigenvalue weighted by molar-refractivity contribution is -0.140. The number of ether oxygens (including phenoxy) is 1. The van der Waals surface area contributed by atoms with Gasteiger partial charge < -0.3 is 20.7 Å². The molecule has 0 radical (unpaired) electrons. The van der Waals surface area contributed by atoms with Crippen molar-refractivity contribution in [1.29, 1.82) is 0 Å². The van der Waals surface area contributed by atoms with Crippen LogP contribution in [0.1, 0.15) is 43.2 Å². The number of hydrogen-bond donors (Lipinski definition) is 3. The van der Waals surface area contributed by atoms with E-state index in [4.69, 9.17) is 16.3 Å². The minimum Gasteiger partial charge on any atom is -0.381 e. The number of rotatable bonds is 5. The fourth-order valence-corrected chi connectivity index (χ4v) is 6.65. The van der Waals surface area contributed by atoms with Gasteiger partial charge in [-0.25, -0.2) is 0 Å². The number of nitrogens with one attached hydrogen (secondary N) is 3. The lowest BCUT2D eigenvalue weighted by Crippen LogP contribution is -2.58. The number of nitrogens with zero attached hydrogens (tertiary/aromatic N) is 1. The molecular weight excluding hydrogens is 609 g/mol. The molecule has 8 nitrogen and oxygen atoms in total. The Labute approximate surface area is 265 Å². The summed E-state index contributed by atoms with van der Waals surface area (Å²) in [4.78, 5) is 42.3. The van der Waals surface area contributed by atoms with Crippen molar-refractivity contribution in [3.8, 4) is 0 Å². The van der Waals surface area contributed by atoms with E-state index in [0.29, 0.717) is 64.8 Å². The lowest BCUT2D eigenvalue weighted by Gasteiger charge is -2.40. The summed E-state index contributed by atoms with van der Waals surface area (Å²) in [5, 5.41) is 8.40. The number of alkyl halides is 3. The second-order valence-electron chi connectivity index (χ2n) is 12.2. The normalized spacial score (nSPS) is 24.5. The fraction of sp³-hybridized carbons (Fsp3) is 0.485. The summed E-state index contributed by atoms with van der Waals surface area (Å²) in [5.74, 6) is -0.836. The van der Waals surface area contributed by atoms with Gasteiger partial charge in [-0.15, -0.1) is 0 Å². The van der Waals surface area contributed by atoms with E-state index in [1.54, 1.807) is 0 Å². The van der Waals surface area contributed by atoms with Gasteiger partial charge in [0, 0.05) is 44.5 Å². The quantitative estimate of drug-likeness (QED) is 0.398. The molecule has 3 N–H and O–H groups in total. The number of anilines is 1. The van der Waals surface area contributed by atoms with E-state index >= 15 is 0 Å². The second kappa shape index (κ2) is 14.3. The van der Waals surface area contributed by atoms with E-state index in [9.17, 15) is 27.6 Å². The number of likely N-dealkylation sites (tertiary alicyclic amines) is 1. The van der Waals surface area contributed by atoms with Crippen molar-refractivity contribution in [1.82, 2.24) is 15.5 Å². The van der Waals surface area contributed by atoms with Crippen molar-refractivity contribution in [2.75, 3.05) is 38.2 Å². The molecule has 2 fully saturated rings. The van der Waals surface area contributed by atoms with Crippen molar-refractivity contribution < 1.29 is 32.3 Å². The molecule has 3 aliphatic heterocycles. The van der Waals surface area contributed by atoms with Crippen LogP contribution in [0.25, 0.3) is 0 Å². The molecule has 0 saturated carbocycles. The first-order chi connectivity index (χ1) is 21.5. The van der Waals surface area contributed by atoms with E-state index in [-0.39, 0.29) is 36.0 Å². The summed E-state index contributed by atoms with van der Waals surface area (Å²) in [6, 6.07) is 11.9. The maximum atomic E-state index is 13.8. The zero-order chi connectivity index (χ0) is 32.0. The van der Waals surface area contributed by atoms with Crippen molar-refractivity contribution in [2.45, 2.75) is 56.8 Å². The minimum atomic E-state index is -4.64. The molecule has 0 aliphatic carbocycles. The zero-order valence-electron chi connectivity index (χ0n) is 24.9.